The van der Waals surface area contributed by atoms with Gasteiger partial charge < -0.3 is 4.42 Å². The van der Waals surface area contributed by atoms with Crippen molar-refractivity contribution in [3.8, 4) is 45.4 Å². The smallest absolute Gasteiger partial charge is 0.165 e. The second-order valence-electron chi connectivity index (χ2n) is 10.8. The normalized spacial score (nSPS) is 11.6. The first-order chi connectivity index (χ1) is 22.3. The summed E-state index contributed by atoms with van der Waals surface area (Å²) < 4.78 is 6.48. The average Bonchev–Trinajstić information content (AvgIpc) is 3.51. The molecule has 4 aromatic carbocycles. The predicted octanol–water partition coefficient (Wildman–Crippen LogP) is 8.93. The monoisotopic (exact) mass is 578 g/mol. The van der Waals surface area contributed by atoms with E-state index in [4.69, 9.17) is 24.4 Å². The van der Waals surface area contributed by atoms with Crippen LogP contribution in [0.1, 0.15) is 0 Å². The Kier molecular flexibility index (Phi) is 5.67. The molecule has 0 saturated heterocycles. The highest BCUT2D eigenvalue weighted by molar-refractivity contribution is 6.24. The molecule has 0 N–H and O–H groups in total. The van der Waals surface area contributed by atoms with Crippen molar-refractivity contribution in [2.24, 2.45) is 0 Å². The lowest BCUT2D eigenvalue weighted by atomic mass is 9.97. The Bertz CT molecular complexity index is 2470. The first-order valence-corrected chi connectivity index (χ1v) is 14.6. The van der Waals surface area contributed by atoms with Gasteiger partial charge in [0, 0.05) is 74.0 Å². The Balaban J connectivity index is 1.21. The molecule has 9 aromatic rings. The van der Waals surface area contributed by atoms with E-state index in [0.717, 1.165) is 71.6 Å². The molecule has 0 spiro atoms. The zero-order valence-electron chi connectivity index (χ0n) is 23.8. The van der Waals surface area contributed by atoms with E-state index in [9.17, 15) is 0 Å². The molecule has 0 unspecified atom stereocenters. The molecule has 0 fully saturated rings. The van der Waals surface area contributed by atoms with Crippen molar-refractivity contribution < 1.29 is 4.42 Å². The van der Waals surface area contributed by atoms with E-state index in [1.54, 1.807) is 24.8 Å². The summed E-state index contributed by atoms with van der Waals surface area (Å²) in [6.07, 6.45) is 6.97. The number of rotatable bonds is 4. The van der Waals surface area contributed by atoms with Crippen LogP contribution in [0.4, 0.5) is 0 Å². The standard InChI is InChI=1S/C38H22N6O/c1-3-11-31-29(10-1)33-30(18-17-28-27-9-2-4-12-32(27)45-35(28)33)34(41-31)23-13-15-24(16-14-23)36-42-37(25-7-5-19-39-21-25)44-38(43-36)26-8-6-20-40-22-26/h1-22H. The molecular weight excluding hydrogens is 556 g/mol. The van der Waals surface area contributed by atoms with Gasteiger partial charge >= 0.3 is 0 Å². The lowest BCUT2D eigenvalue weighted by Gasteiger charge is -2.11. The van der Waals surface area contributed by atoms with Crippen LogP contribution in [0.3, 0.4) is 0 Å². The third-order valence-electron chi connectivity index (χ3n) is 8.10. The second kappa shape index (κ2) is 10.1. The number of hydrogen-bond acceptors (Lipinski definition) is 7. The summed E-state index contributed by atoms with van der Waals surface area (Å²) in [5.41, 5.74) is 7.03. The number of hydrogen-bond donors (Lipinski definition) is 0. The summed E-state index contributed by atoms with van der Waals surface area (Å²) in [6, 6.07) is 36.6. The average molecular weight is 579 g/mol. The third kappa shape index (κ3) is 4.21. The number of fused-ring (bicyclic) bond motifs is 7. The zero-order valence-corrected chi connectivity index (χ0v) is 23.8. The molecule has 0 atom stereocenters. The first-order valence-electron chi connectivity index (χ1n) is 14.6. The number of pyridine rings is 3. The Hall–Kier alpha value is -6.34. The Labute approximate surface area is 256 Å². The van der Waals surface area contributed by atoms with Crippen molar-refractivity contribution in [3.05, 3.63) is 134 Å². The van der Waals surface area contributed by atoms with Crippen LogP contribution >= 0.6 is 0 Å². The Morgan fingerprint density at radius 2 is 1.02 bits per heavy atom. The van der Waals surface area contributed by atoms with Gasteiger partial charge in [-0.2, -0.15) is 0 Å². The van der Waals surface area contributed by atoms with Gasteiger partial charge in [0.2, 0.25) is 0 Å². The van der Waals surface area contributed by atoms with E-state index < -0.39 is 0 Å². The van der Waals surface area contributed by atoms with Crippen molar-refractivity contribution >= 4 is 43.6 Å². The maximum atomic E-state index is 6.48. The molecule has 0 bridgehead atoms. The van der Waals surface area contributed by atoms with E-state index in [2.05, 4.69) is 52.4 Å². The zero-order chi connectivity index (χ0) is 29.7. The minimum absolute atomic E-state index is 0.549. The van der Waals surface area contributed by atoms with Crippen LogP contribution in [0.5, 0.6) is 0 Å². The van der Waals surface area contributed by atoms with Crippen LogP contribution in [0, 0.1) is 0 Å². The predicted molar refractivity (Wildman–Crippen MR) is 177 cm³/mol. The van der Waals surface area contributed by atoms with Crippen LogP contribution in [0.15, 0.2) is 138 Å². The molecule has 5 heterocycles. The fraction of sp³-hybridized carbons (Fsp3) is 0. The van der Waals surface area contributed by atoms with Gasteiger partial charge in [-0.15, -0.1) is 0 Å². The summed E-state index contributed by atoms with van der Waals surface area (Å²) in [5.74, 6) is 1.66. The minimum Gasteiger partial charge on any atom is -0.455 e. The van der Waals surface area contributed by atoms with Gasteiger partial charge in [0.25, 0.3) is 0 Å². The van der Waals surface area contributed by atoms with Gasteiger partial charge in [-0.1, -0.05) is 66.7 Å². The molecule has 0 saturated carbocycles. The van der Waals surface area contributed by atoms with E-state index in [1.165, 1.54) is 0 Å². The Morgan fingerprint density at radius 3 is 1.71 bits per heavy atom. The molecule has 210 valence electrons. The number of benzene rings is 4. The highest BCUT2D eigenvalue weighted by Crippen LogP contribution is 2.40. The van der Waals surface area contributed by atoms with Crippen LogP contribution in [0.25, 0.3) is 89.0 Å². The number of nitrogens with zero attached hydrogens (tertiary/aromatic N) is 6. The summed E-state index contributed by atoms with van der Waals surface area (Å²) in [7, 11) is 0. The largest absolute Gasteiger partial charge is 0.455 e. The maximum absolute atomic E-state index is 6.48. The molecule has 9 rings (SSSR count). The highest BCUT2D eigenvalue weighted by atomic mass is 16.3. The van der Waals surface area contributed by atoms with Crippen LogP contribution in [-0.2, 0) is 0 Å². The molecule has 0 aliphatic carbocycles. The van der Waals surface area contributed by atoms with E-state index in [0.29, 0.717) is 17.5 Å². The van der Waals surface area contributed by atoms with Gasteiger partial charge in [0.05, 0.1) is 11.2 Å². The molecule has 0 radical (unpaired) electrons. The van der Waals surface area contributed by atoms with Gasteiger partial charge in [-0.3, -0.25) is 9.97 Å². The van der Waals surface area contributed by atoms with Crippen molar-refractivity contribution in [3.63, 3.8) is 0 Å². The van der Waals surface area contributed by atoms with Crippen LogP contribution < -0.4 is 0 Å². The molecule has 0 aliphatic rings. The molecule has 7 nitrogen and oxygen atoms in total. The van der Waals surface area contributed by atoms with Gasteiger partial charge in [-0.05, 0) is 42.5 Å². The molecule has 5 aromatic heterocycles. The summed E-state index contributed by atoms with van der Waals surface area (Å²) in [6.45, 7) is 0. The van der Waals surface area contributed by atoms with Gasteiger partial charge in [-0.25, -0.2) is 19.9 Å². The number of para-hydroxylation sites is 2. The SMILES string of the molecule is c1cncc(-c2nc(-c3ccc(-c4nc5ccccc5c5c4ccc4c6ccccc6oc45)cc3)nc(-c3cccnc3)n2)c1. The topological polar surface area (TPSA) is 90.5 Å². The van der Waals surface area contributed by atoms with Crippen LogP contribution in [-0.4, -0.2) is 29.9 Å². The van der Waals surface area contributed by atoms with Crippen molar-refractivity contribution in [2.75, 3.05) is 0 Å². The lowest BCUT2D eigenvalue weighted by Crippen LogP contribution is -2.00. The number of furan rings is 1. The third-order valence-corrected chi connectivity index (χ3v) is 8.10. The van der Waals surface area contributed by atoms with E-state index in [-0.39, 0.29) is 0 Å². The van der Waals surface area contributed by atoms with Crippen molar-refractivity contribution in [1.29, 1.82) is 0 Å². The molecule has 45 heavy (non-hydrogen) atoms. The molecular formula is C38H22N6O. The van der Waals surface area contributed by atoms with E-state index >= 15 is 0 Å². The lowest BCUT2D eigenvalue weighted by molar-refractivity contribution is 0.673. The van der Waals surface area contributed by atoms with Crippen LogP contribution in [0.2, 0.25) is 0 Å². The maximum Gasteiger partial charge on any atom is 0.165 e. The van der Waals surface area contributed by atoms with Gasteiger partial charge in [0.15, 0.2) is 17.5 Å². The minimum atomic E-state index is 0.549. The number of aromatic nitrogens is 6. The highest BCUT2D eigenvalue weighted by Gasteiger charge is 2.18. The fourth-order valence-electron chi connectivity index (χ4n) is 5.97. The van der Waals surface area contributed by atoms with E-state index in [1.807, 2.05) is 66.7 Å². The fourth-order valence-corrected chi connectivity index (χ4v) is 5.97. The summed E-state index contributed by atoms with van der Waals surface area (Å²) in [4.78, 5) is 28.1. The summed E-state index contributed by atoms with van der Waals surface area (Å²) >= 11 is 0. The molecule has 0 amide bonds. The Morgan fingerprint density at radius 1 is 0.422 bits per heavy atom. The second-order valence-corrected chi connectivity index (χ2v) is 10.8. The molecule has 7 heteroatoms. The quantitative estimate of drug-likeness (QED) is 0.193. The molecule has 0 aliphatic heterocycles. The van der Waals surface area contributed by atoms with Crippen molar-refractivity contribution in [1.82, 2.24) is 29.9 Å². The first kappa shape index (κ1) is 25.2. The summed E-state index contributed by atoms with van der Waals surface area (Å²) in [5, 5.41) is 5.36. The van der Waals surface area contributed by atoms with Crippen molar-refractivity contribution in [2.45, 2.75) is 0 Å². The van der Waals surface area contributed by atoms with Gasteiger partial charge in [0.1, 0.15) is 11.2 Å².